The number of hydrogen-bond donors (Lipinski definition) is 0. The number of methoxy groups -OCH3 is 1. The Labute approximate surface area is 165 Å². The average Bonchev–Trinajstić information content (AvgIpc) is 3.24. The quantitative estimate of drug-likeness (QED) is 0.772. The van der Waals surface area contributed by atoms with Crippen LogP contribution in [-0.4, -0.2) is 43.2 Å². The standard InChI is InChI=1S/C22H27NO3S/c1-25-17-10-8-16(9-11-17)19(15-18-5-4-14-27-18)22(24)23-12-13-26-21-7-3-2-6-20(21)23/h4-5,8-11,14,19-21H,2-3,6-7,12-13,15H2,1H3. The third-order valence-corrected chi connectivity index (χ3v) is 6.72. The molecule has 27 heavy (non-hydrogen) atoms. The molecule has 0 radical (unpaired) electrons. The van der Waals surface area contributed by atoms with E-state index in [4.69, 9.17) is 9.47 Å². The van der Waals surface area contributed by atoms with Crippen LogP contribution in [0.1, 0.15) is 42.0 Å². The number of carbonyl (C=O) groups is 1. The molecule has 2 aromatic rings. The minimum absolute atomic E-state index is 0.157. The fourth-order valence-electron chi connectivity index (χ4n) is 4.38. The van der Waals surface area contributed by atoms with Crippen LogP contribution in [0.5, 0.6) is 5.75 Å². The Morgan fingerprint density at radius 3 is 2.81 bits per heavy atom. The summed E-state index contributed by atoms with van der Waals surface area (Å²) in [6, 6.07) is 12.4. The van der Waals surface area contributed by atoms with Gasteiger partial charge in [-0.2, -0.15) is 0 Å². The lowest BCUT2D eigenvalue weighted by atomic mass is 9.87. The number of ether oxygens (including phenoxy) is 2. The fraction of sp³-hybridized carbons (Fsp3) is 0.500. The molecule has 1 aliphatic heterocycles. The Morgan fingerprint density at radius 1 is 1.26 bits per heavy atom. The smallest absolute Gasteiger partial charge is 0.230 e. The van der Waals surface area contributed by atoms with Crippen molar-refractivity contribution in [3.05, 3.63) is 52.2 Å². The second-order valence-corrected chi connectivity index (χ2v) is 8.43. The van der Waals surface area contributed by atoms with Crippen molar-refractivity contribution in [1.29, 1.82) is 0 Å². The number of thiophene rings is 1. The van der Waals surface area contributed by atoms with Gasteiger partial charge in [-0.25, -0.2) is 0 Å². The van der Waals surface area contributed by atoms with Crippen LogP contribution in [0, 0.1) is 0 Å². The number of benzene rings is 1. The zero-order valence-electron chi connectivity index (χ0n) is 15.8. The summed E-state index contributed by atoms with van der Waals surface area (Å²) in [6.45, 7) is 1.36. The number of morpholine rings is 1. The number of nitrogens with zero attached hydrogens (tertiary/aromatic N) is 1. The average molecular weight is 386 g/mol. The van der Waals surface area contributed by atoms with Gasteiger partial charge >= 0.3 is 0 Å². The van der Waals surface area contributed by atoms with Gasteiger partial charge in [0.1, 0.15) is 5.75 Å². The number of carbonyl (C=O) groups excluding carboxylic acids is 1. The molecule has 2 aliphatic rings. The van der Waals surface area contributed by atoms with Crippen molar-refractivity contribution in [2.75, 3.05) is 20.3 Å². The van der Waals surface area contributed by atoms with Crippen molar-refractivity contribution < 1.29 is 14.3 Å². The van der Waals surface area contributed by atoms with Crippen LogP contribution in [-0.2, 0) is 16.0 Å². The third-order valence-electron chi connectivity index (χ3n) is 5.82. The lowest BCUT2D eigenvalue weighted by Crippen LogP contribution is -2.56. The first kappa shape index (κ1) is 18.5. The van der Waals surface area contributed by atoms with Crippen LogP contribution in [0.25, 0.3) is 0 Å². The molecular formula is C22H27NO3S. The van der Waals surface area contributed by atoms with E-state index in [9.17, 15) is 4.79 Å². The van der Waals surface area contributed by atoms with Gasteiger partial charge in [0.2, 0.25) is 5.91 Å². The molecule has 1 aromatic heterocycles. The van der Waals surface area contributed by atoms with Gasteiger partial charge in [0.15, 0.2) is 0 Å². The second kappa shape index (κ2) is 8.44. The molecule has 1 saturated heterocycles. The molecule has 4 nitrogen and oxygen atoms in total. The SMILES string of the molecule is COc1ccc(C(Cc2cccs2)C(=O)N2CCOC3CCCCC32)cc1. The van der Waals surface area contributed by atoms with Crippen LogP contribution in [0.3, 0.4) is 0 Å². The summed E-state index contributed by atoms with van der Waals surface area (Å²) in [6.07, 6.45) is 5.50. The molecule has 1 amide bonds. The van der Waals surface area contributed by atoms with Gasteiger partial charge in [-0.15, -0.1) is 11.3 Å². The topological polar surface area (TPSA) is 38.8 Å². The van der Waals surface area contributed by atoms with Gasteiger partial charge in [-0.05, 0) is 48.4 Å². The van der Waals surface area contributed by atoms with Crippen LogP contribution in [0.15, 0.2) is 41.8 Å². The highest BCUT2D eigenvalue weighted by atomic mass is 32.1. The molecule has 0 N–H and O–H groups in total. The Bertz CT molecular complexity index is 741. The first-order valence-electron chi connectivity index (χ1n) is 9.84. The van der Waals surface area contributed by atoms with Crippen molar-refractivity contribution in [2.24, 2.45) is 0 Å². The van der Waals surface area contributed by atoms with E-state index in [0.29, 0.717) is 13.2 Å². The highest BCUT2D eigenvalue weighted by molar-refractivity contribution is 7.09. The van der Waals surface area contributed by atoms with Crippen molar-refractivity contribution >= 4 is 17.2 Å². The third kappa shape index (κ3) is 4.04. The van der Waals surface area contributed by atoms with E-state index in [1.165, 1.54) is 17.7 Å². The predicted octanol–water partition coefficient (Wildman–Crippen LogP) is 4.25. The lowest BCUT2D eigenvalue weighted by molar-refractivity contribution is -0.151. The van der Waals surface area contributed by atoms with Crippen molar-refractivity contribution in [3.8, 4) is 5.75 Å². The van der Waals surface area contributed by atoms with Gasteiger partial charge in [0.05, 0.1) is 31.8 Å². The maximum atomic E-state index is 13.7. The Morgan fingerprint density at radius 2 is 2.07 bits per heavy atom. The van der Waals surface area contributed by atoms with Gasteiger partial charge in [0, 0.05) is 11.4 Å². The lowest BCUT2D eigenvalue weighted by Gasteiger charge is -2.45. The predicted molar refractivity (Wildman–Crippen MR) is 107 cm³/mol. The van der Waals surface area contributed by atoms with E-state index in [1.807, 2.05) is 24.3 Å². The van der Waals surface area contributed by atoms with E-state index in [1.54, 1.807) is 18.4 Å². The molecule has 3 atom stereocenters. The first-order chi connectivity index (χ1) is 13.3. The van der Waals surface area contributed by atoms with E-state index in [-0.39, 0.29) is 24.0 Å². The Kier molecular flexibility index (Phi) is 5.79. The molecule has 4 rings (SSSR count). The second-order valence-electron chi connectivity index (χ2n) is 7.40. The molecule has 2 heterocycles. The number of amides is 1. The zero-order valence-corrected chi connectivity index (χ0v) is 16.6. The molecule has 0 spiro atoms. The highest BCUT2D eigenvalue weighted by Gasteiger charge is 2.39. The van der Waals surface area contributed by atoms with Crippen molar-refractivity contribution in [3.63, 3.8) is 0 Å². The minimum Gasteiger partial charge on any atom is -0.497 e. The van der Waals surface area contributed by atoms with E-state index in [2.05, 4.69) is 22.4 Å². The number of rotatable bonds is 5. The van der Waals surface area contributed by atoms with Gasteiger partial charge in [-0.3, -0.25) is 4.79 Å². The van der Waals surface area contributed by atoms with E-state index >= 15 is 0 Å². The molecule has 1 aromatic carbocycles. The van der Waals surface area contributed by atoms with Crippen molar-refractivity contribution in [1.82, 2.24) is 4.90 Å². The summed E-state index contributed by atoms with van der Waals surface area (Å²) in [4.78, 5) is 17.0. The van der Waals surface area contributed by atoms with E-state index < -0.39 is 0 Å². The summed E-state index contributed by atoms with van der Waals surface area (Å²) < 4.78 is 11.3. The molecule has 0 bridgehead atoms. The summed E-state index contributed by atoms with van der Waals surface area (Å²) in [5, 5.41) is 2.08. The van der Waals surface area contributed by atoms with Crippen molar-refractivity contribution in [2.45, 2.75) is 50.2 Å². The maximum absolute atomic E-state index is 13.7. The van der Waals surface area contributed by atoms with Crippen LogP contribution >= 0.6 is 11.3 Å². The van der Waals surface area contributed by atoms with Crippen LogP contribution in [0.2, 0.25) is 0 Å². The Balaban J connectivity index is 1.61. The molecule has 2 fully saturated rings. The number of hydrogen-bond acceptors (Lipinski definition) is 4. The molecule has 144 valence electrons. The van der Waals surface area contributed by atoms with Gasteiger partial charge in [-0.1, -0.05) is 31.0 Å². The first-order valence-corrected chi connectivity index (χ1v) is 10.7. The molecule has 5 heteroatoms. The number of fused-ring (bicyclic) bond motifs is 1. The fourth-order valence-corrected chi connectivity index (χ4v) is 5.14. The van der Waals surface area contributed by atoms with Gasteiger partial charge in [0.25, 0.3) is 0 Å². The molecule has 1 aliphatic carbocycles. The summed E-state index contributed by atoms with van der Waals surface area (Å²) >= 11 is 1.72. The Hall–Kier alpha value is -1.85. The largest absolute Gasteiger partial charge is 0.497 e. The summed E-state index contributed by atoms with van der Waals surface area (Å²) in [7, 11) is 1.67. The summed E-state index contributed by atoms with van der Waals surface area (Å²) in [5.41, 5.74) is 1.06. The van der Waals surface area contributed by atoms with Crippen LogP contribution < -0.4 is 4.74 Å². The minimum atomic E-state index is -0.157. The normalized spacial score (nSPS) is 23.5. The summed E-state index contributed by atoms with van der Waals surface area (Å²) in [5.74, 6) is 0.906. The van der Waals surface area contributed by atoms with Gasteiger partial charge < -0.3 is 14.4 Å². The molecular weight excluding hydrogens is 358 g/mol. The highest BCUT2D eigenvalue weighted by Crippen LogP contribution is 2.33. The van der Waals surface area contributed by atoms with Crippen LogP contribution in [0.4, 0.5) is 0 Å². The maximum Gasteiger partial charge on any atom is 0.230 e. The van der Waals surface area contributed by atoms with E-state index in [0.717, 1.165) is 30.6 Å². The molecule has 1 saturated carbocycles. The monoisotopic (exact) mass is 385 g/mol. The zero-order chi connectivity index (χ0) is 18.6. The molecule has 3 unspecified atom stereocenters.